The summed E-state index contributed by atoms with van der Waals surface area (Å²) in [7, 11) is 0. The molecule has 0 aliphatic heterocycles. The van der Waals surface area contributed by atoms with E-state index in [1.165, 1.54) is 0 Å². The first-order valence-electron chi connectivity index (χ1n) is 5.08. The van der Waals surface area contributed by atoms with Gasteiger partial charge in [0.25, 0.3) is 0 Å². The van der Waals surface area contributed by atoms with Gasteiger partial charge in [-0.1, -0.05) is 12.8 Å². The Morgan fingerprint density at radius 3 is 2.07 bits per heavy atom. The minimum atomic E-state index is -2.60. The van der Waals surface area contributed by atoms with Crippen molar-refractivity contribution in [1.82, 2.24) is 0 Å². The van der Waals surface area contributed by atoms with E-state index in [4.69, 9.17) is 5.11 Å². The Kier molecular flexibility index (Phi) is 2.05. The average Bonchev–Trinajstić information content (AvgIpc) is 2.48. The van der Waals surface area contributed by atoms with E-state index in [1.807, 2.05) is 0 Å². The van der Waals surface area contributed by atoms with Gasteiger partial charge in [-0.3, -0.25) is 4.79 Å². The number of alkyl halides is 2. The molecule has 0 atom stereocenters. The lowest BCUT2D eigenvalue weighted by atomic mass is 9.62. The molecule has 1 N–H and O–H groups in total. The fraction of sp³-hybridized carbons (Fsp3) is 0.900. The van der Waals surface area contributed by atoms with E-state index in [9.17, 15) is 13.6 Å². The van der Waals surface area contributed by atoms with Crippen LogP contribution in [-0.4, -0.2) is 17.0 Å². The monoisotopic (exact) mass is 204 g/mol. The van der Waals surface area contributed by atoms with Gasteiger partial charge in [-0.2, -0.15) is 0 Å². The Morgan fingerprint density at radius 1 is 1.21 bits per heavy atom. The number of rotatable bonds is 2. The van der Waals surface area contributed by atoms with Crippen molar-refractivity contribution < 1.29 is 18.7 Å². The van der Waals surface area contributed by atoms with Crippen LogP contribution in [0.4, 0.5) is 8.78 Å². The van der Waals surface area contributed by atoms with E-state index in [0.29, 0.717) is 12.8 Å². The second-order valence-corrected chi connectivity index (χ2v) is 4.63. The Labute approximate surface area is 81.3 Å². The largest absolute Gasteiger partial charge is 0.481 e. The topological polar surface area (TPSA) is 37.3 Å². The molecule has 0 aromatic carbocycles. The highest BCUT2D eigenvalue weighted by atomic mass is 19.3. The molecule has 2 saturated carbocycles. The molecule has 0 saturated heterocycles. The Bertz CT molecular complexity index is 249. The molecule has 2 nitrogen and oxygen atoms in total. The molecule has 0 heterocycles. The predicted molar refractivity (Wildman–Crippen MR) is 46.2 cm³/mol. The van der Waals surface area contributed by atoms with Crippen LogP contribution in [-0.2, 0) is 4.79 Å². The first-order valence-corrected chi connectivity index (χ1v) is 5.08. The van der Waals surface area contributed by atoms with E-state index in [-0.39, 0.29) is 18.8 Å². The maximum Gasteiger partial charge on any atom is 0.309 e. The Balaban J connectivity index is 2.10. The van der Waals surface area contributed by atoms with Crippen molar-refractivity contribution in [2.45, 2.75) is 44.4 Å². The van der Waals surface area contributed by atoms with Gasteiger partial charge >= 0.3 is 5.97 Å². The zero-order valence-electron chi connectivity index (χ0n) is 7.93. The van der Waals surface area contributed by atoms with Crippen molar-refractivity contribution in [3.8, 4) is 0 Å². The minimum Gasteiger partial charge on any atom is -0.481 e. The third-order valence-corrected chi connectivity index (χ3v) is 3.79. The van der Waals surface area contributed by atoms with Crippen molar-refractivity contribution in [2.75, 3.05) is 0 Å². The summed E-state index contributed by atoms with van der Waals surface area (Å²) in [6.45, 7) is 0. The maximum absolute atomic E-state index is 12.7. The van der Waals surface area contributed by atoms with Crippen LogP contribution < -0.4 is 0 Å². The molecule has 0 spiro atoms. The molecule has 80 valence electrons. The summed E-state index contributed by atoms with van der Waals surface area (Å²) in [5, 5.41) is 9.12. The van der Waals surface area contributed by atoms with Crippen molar-refractivity contribution in [2.24, 2.45) is 11.3 Å². The molecule has 4 heteroatoms. The molecule has 0 aromatic heterocycles. The number of aliphatic carboxylic acids is 1. The van der Waals surface area contributed by atoms with Crippen LogP contribution >= 0.6 is 0 Å². The fourth-order valence-corrected chi connectivity index (χ4v) is 2.85. The van der Waals surface area contributed by atoms with Gasteiger partial charge in [0.15, 0.2) is 0 Å². The molecular formula is C10H14F2O2. The number of carboxylic acid groups (broad SMARTS) is 1. The van der Waals surface area contributed by atoms with Crippen molar-refractivity contribution in [3.05, 3.63) is 0 Å². The van der Waals surface area contributed by atoms with Gasteiger partial charge in [-0.25, -0.2) is 8.78 Å². The number of hydrogen-bond acceptors (Lipinski definition) is 1. The third kappa shape index (κ3) is 1.31. The Morgan fingerprint density at radius 2 is 1.71 bits per heavy atom. The highest BCUT2D eigenvalue weighted by Gasteiger charge is 2.58. The van der Waals surface area contributed by atoms with Gasteiger partial charge in [-0.05, 0) is 18.8 Å². The molecule has 2 aliphatic carbocycles. The van der Waals surface area contributed by atoms with Gasteiger partial charge < -0.3 is 5.11 Å². The highest BCUT2D eigenvalue weighted by molar-refractivity contribution is 5.75. The molecule has 0 aromatic rings. The van der Waals surface area contributed by atoms with E-state index >= 15 is 0 Å². The van der Waals surface area contributed by atoms with Crippen molar-refractivity contribution in [1.29, 1.82) is 0 Å². The summed E-state index contributed by atoms with van der Waals surface area (Å²) < 4.78 is 25.4. The predicted octanol–water partition coefficient (Wildman–Crippen LogP) is 2.68. The number of hydrogen-bond donors (Lipinski definition) is 1. The van der Waals surface area contributed by atoms with Crippen LogP contribution in [0.3, 0.4) is 0 Å². The molecule has 14 heavy (non-hydrogen) atoms. The van der Waals surface area contributed by atoms with Gasteiger partial charge in [0.1, 0.15) is 0 Å². The molecule has 0 unspecified atom stereocenters. The van der Waals surface area contributed by atoms with Crippen LogP contribution in [0.2, 0.25) is 0 Å². The van der Waals surface area contributed by atoms with Gasteiger partial charge in [0.2, 0.25) is 5.92 Å². The summed E-state index contributed by atoms with van der Waals surface area (Å²) >= 11 is 0. The van der Waals surface area contributed by atoms with Crippen molar-refractivity contribution in [3.63, 3.8) is 0 Å². The summed E-state index contributed by atoms with van der Waals surface area (Å²) in [5.41, 5.74) is -0.818. The first-order chi connectivity index (χ1) is 6.46. The lowest BCUT2D eigenvalue weighted by Gasteiger charge is -2.44. The van der Waals surface area contributed by atoms with Crippen molar-refractivity contribution >= 4 is 5.97 Å². The number of carboxylic acids is 1. The normalized spacial score (nSPS) is 29.9. The Hall–Kier alpha value is -0.670. The smallest absolute Gasteiger partial charge is 0.309 e. The maximum atomic E-state index is 12.7. The third-order valence-electron chi connectivity index (χ3n) is 3.79. The number of halogens is 2. The lowest BCUT2D eigenvalue weighted by molar-refractivity contribution is -0.176. The van der Waals surface area contributed by atoms with Crippen LogP contribution in [0.1, 0.15) is 38.5 Å². The standard InChI is InChI=1S/C10H14F2O2/c11-10(12)5-7(6-10)9(8(13)14)3-1-2-4-9/h7H,1-6H2,(H,13,14). The molecule has 0 bridgehead atoms. The first kappa shape index (κ1) is 9.87. The van der Waals surface area contributed by atoms with Crippen LogP contribution in [0, 0.1) is 11.3 Å². The molecule has 0 amide bonds. The SMILES string of the molecule is O=C(O)C1(C2CC(F)(F)C2)CCCC1. The van der Waals surface area contributed by atoms with Crippen LogP contribution in [0.15, 0.2) is 0 Å². The molecule has 2 aliphatic rings. The fourth-order valence-electron chi connectivity index (χ4n) is 2.85. The average molecular weight is 204 g/mol. The van der Waals surface area contributed by atoms with Crippen LogP contribution in [0.25, 0.3) is 0 Å². The molecule has 0 radical (unpaired) electrons. The second kappa shape index (κ2) is 2.91. The van der Waals surface area contributed by atoms with Crippen LogP contribution in [0.5, 0.6) is 0 Å². The van der Waals surface area contributed by atoms with Gasteiger partial charge in [0, 0.05) is 12.8 Å². The van der Waals surface area contributed by atoms with Gasteiger partial charge in [0.05, 0.1) is 5.41 Å². The lowest BCUT2D eigenvalue weighted by Crippen LogP contribution is -2.48. The zero-order valence-corrected chi connectivity index (χ0v) is 7.93. The highest BCUT2D eigenvalue weighted by Crippen LogP contribution is 2.57. The second-order valence-electron chi connectivity index (χ2n) is 4.63. The van der Waals surface area contributed by atoms with Gasteiger partial charge in [-0.15, -0.1) is 0 Å². The van der Waals surface area contributed by atoms with E-state index in [2.05, 4.69) is 0 Å². The molecule has 2 fully saturated rings. The molecular weight excluding hydrogens is 190 g/mol. The summed E-state index contributed by atoms with van der Waals surface area (Å²) in [4.78, 5) is 11.1. The van der Waals surface area contributed by atoms with E-state index in [1.54, 1.807) is 0 Å². The molecule has 2 rings (SSSR count). The summed E-state index contributed by atoms with van der Waals surface area (Å²) in [6.07, 6.45) is 2.47. The van der Waals surface area contributed by atoms with E-state index in [0.717, 1.165) is 12.8 Å². The summed E-state index contributed by atoms with van der Waals surface area (Å²) in [6, 6.07) is 0. The summed E-state index contributed by atoms with van der Waals surface area (Å²) in [5.74, 6) is -3.76. The van der Waals surface area contributed by atoms with E-state index < -0.39 is 17.3 Å². The minimum absolute atomic E-state index is 0.223. The zero-order chi connectivity index (χ0) is 10.4. The quantitative estimate of drug-likeness (QED) is 0.750. The number of carbonyl (C=O) groups is 1.